The molecule has 0 unspecified atom stereocenters. The standard InChI is InChI=1S/C22H33N3O2/c1-3-4-15-26-18-21-17-19(2)23-25(21)20-8-10-22(11-9-20)27-16-7-14-24-12-5-6-13-24/h8-11,17H,3-7,12-16,18H2,1-2H3. The summed E-state index contributed by atoms with van der Waals surface area (Å²) >= 11 is 0. The molecule has 148 valence electrons. The first kappa shape index (κ1) is 19.9. The van der Waals surface area contributed by atoms with Gasteiger partial charge in [-0.3, -0.25) is 0 Å². The van der Waals surface area contributed by atoms with E-state index in [1.54, 1.807) is 0 Å². The van der Waals surface area contributed by atoms with Crippen molar-refractivity contribution >= 4 is 0 Å². The van der Waals surface area contributed by atoms with Gasteiger partial charge in [0.15, 0.2) is 0 Å². The lowest BCUT2D eigenvalue weighted by Gasteiger charge is -2.14. The third-order valence-electron chi connectivity index (χ3n) is 4.96. The van der Waals surface area contributed by atoms with Gasteiger partial charge in [0, 0.05) is 13.2 Å². The molecular formula is C22H33N3O2. The second-order valence-corrected chi connectivity index (χ2v) is 7.34. The first-order valence-corrected chi connectivity index (χ1v) is 10.3. The Morgan fingerprint density at radius 2 is 1.81 bits per heavy atom. The van der Waals surface area contributed by atoms with E-state index in [1.165, 1.54) is 25.9 Å². The van der Waals surface area contributed by atoms with Crippen LogP contribution in [0.3, 0.4) is 0 Å². The average molecular weight is 372 g/mol. The van der Waals surface area contributed by atoms with Gasteiger partial charge in [-0.2, -0.15) is 5.10 Å². The lowest BCUT2D eigenvalue weighted by molar-refractivity contribution is 0.114. The zero-order chi connectivity index (χ0) is 18.9. The Hall–Kier alpha value is -1.85. The van der Waals surface area contributed by atoms with Crippen molar-refractivity contribution in [1.82, 2.24) is 14.7 Å². The molecule has 1 aliphatic rings. The summed E-state index contributed by atoms with van der Waals surface area (Å²) in [4.78, 5) is 2.52. The van der Waals surface area contributed by atoms with Crippen molar-refractivity contribution in [2.75, 3.05) is 32.8 Å². The zero-order valence-electron chi connectivity index (χ0n) is 16.8. The number of benzene rings is 1. The molecule has 1 aromatic carbocycles. The molecule has 0 bridgehead atoms. The van der Waals surface area contributed by atoms with Gasteiger partial charge in [-0.05, 0) is 76.0 Å². The van der Waals surface area contributed by atoms with Gasteiger partial charge in [0.25, 0.3) is 0 Å². The number of nitrogens with zero attached hydrogens (tertiary/aromatic N) is 3. The third kappa shape index (κ3) is 6.08. The first-order chi connectivity index (χ1) is 13.3. The molecule has 5 nitrogen and oxygen atoms in total. The van der Waals surface area contributed by atoms with Crippen LogP contribution in [0.2, 0.25) is 0 Å². The molecule has 1 aliphatic heterocycles. The van der Waals surface area contributed by atoms with Crippen LogP contribution >= 0.6 is 0 Å². The molecule has 0 saturated carbocycles. The van der Waals surface area contributed by atoms with Crippen molar-refractivity contribution in [3.8, 4) is 11.4 Å². The van der Waals surface area contributed by atoms with Gasteiger partial charge in [0.05, 0.1) is 30.3 Å². The van der Waals surface area contributed by atoms with Crippen LogP contribution in [-0.2, 0) is 11.3 Å². The largest absolute Gasteiger partial charge is 0.494 e. The summed E-state index contributed by atoms with van der Waals surface area (Å²) in [5, 5.41) is 4.62. The Balaban J connectivity index is 1.50. The predicted octanol–water partition coefficient (Wildman–Crippen LogP) is 4.36. The number of ether oxygens (including phenoxy) is 2. The Bertz CT molecular complexity index is 675. The molecule has 1 fully saturated rings. The summed E-state index contributed by atoms with van der Waals surface area (Å²) in [5.74, 6) is 0.921. The molecule has 5 heteroatoms. The second kappa shape index (κ2) is 10.5. The van der Waals surface area contributed by atoms with Gasteiger partial charge in [-0.25, -0.2) is 4.68 Å². The molecule has 0 N–H and O–H groups in total. The molecule has 0 amide bonds. The van der Waals surface area contributed by atoms with Crippen LogP contribution in [-0.4, -0.2) is 47.5 Å². The highest BCUT2D eigenvalue weighted by Gasteiger charge is 2.11. The van der Waals surface area contributed by atoms with E-state index < -0.39 is 0 Å². The van der Waals surface area contributed by atoms with Crippen molar-refractivity contribution in [3.63, 3.8) is 0 Å². The minimum absolute atomic E-state index is 0.593. The van der Waals surface area contributed by atoms with Crippen molar-refractivity contribution in [2.24, 2.45) is 0 Å². The van der Waals surface area contributed by atoms with Crippen LogP contribution in [0.5, 0.6) is 5.75 Å². The van der Waals surface area contributed by atoms with Gasteiger partial charge in [-0.15, -0.1) is 0 Å². The zero-order valence-corrected chi connectivity index (χ0v) is 16.8. The van der Waals surface area contributed by atoms with Crippen molar-refractivity contribution < 1.29 is 9.47 Å². The van der Waals surface area contributed by atoms with E-state index in [1.807, 2.05) is 23.7 Å². The quantitative estimate of drug-likeness (QED) is 0.550. The number of hydrogen-bond donors (Lipinski definition) is 0. The molecule has 3 rings (SSSR count). The molecule has 0 radical (unpaired) electrons. The number of unbranched alkanes of at least 4 members (excludes halogenated alkanes) is 1. The maximum atomic E-state index is 5.90. The molecule has 2 aromatic rings. The Labute approximate surface area is 163 Å². The Morgan fingerprint density at radius 3 is 2.56 bits per heavy atom. The van der Waals surface area contributed by atoms with Crippen LogP contribution in [0.25, 0.3) is 5.69 Å². The van der Waals surface area contributed by atoms with Gasteiger partial charge < -0.3 is 14.4 Å². The summed E-state index contributed by atoms with van der Waals surface area (Å²) in [6.07, 6.45) is 6.02. The fraction of sp³-hybridized carbons (Fsp3) is 0.591. The van der Waals surface area contributed by atoms with E-state index in [0.717, 1.165) is 61.8 Å². The Morgan fingerprint density at radius 1 is 1.04 bits per heavy atom. The normalized spacial score (nSPS) is 14.7. The van der Waals surface area contributed by atoms with Crippen LogP contribution in [0, 0.1) is 6.92 Å². The summed E-state index contributed by atoms with van der Waals surface area (Å²) in [6, 6.07) is 10.3. The number of aryl methyl sites for hydroxylation is 1. The van der Waals surface area contributed by atoms with Crippen molar-refractivity contribution in [2.45, 2.75) is 52.6 Å². The summed E-state index contributed by atoms with van der Waals surface area (Å²) in [7, 11) is 0. The Kier molecular flexibility index (Phi) is 7.72. The van der Waals surface area contributed by atoms with Crippen molar-refractivity contribution in [1.29, 1.82) is 0 Å². The maximum absolute atomic E-state index is 5.90. The first-order valence-electron chi connectivity index (χ1n) is 10.3. The number of aromatic nitrogens is 2. The lowest BCUT2D eigenvalue weighted by Crippen LogP contribution is -2.21. The van der Waals surface area contributed by atoms with Crippen LogP contribution < -0.4 is 4.74 Å². The van der Waals surface area contributed by atoms with Crippen molar-refractivity contribution in [3.05, 3.63) is 41.7 Å². The highest BCUT2D eigenvalue weighted by Crippen LogP contribution is 2.18. The fourth-order valence-corrected chi connectivity index (χ4v) is 3.47. The highest BCUT2D eigenvalue weighted by atomic mass is 16.5. The van der Waals surface area contributed by atoms with Crippen LogP contribution in [0.4, 0.5) is 0 Å². The molecule has 0 spiro atoms. The van der Waals surface area contributed by atoms with E-state index in [0.29, 0.717) is 6.61 Å². The molecule has 2 heterocycles. The number of rotatable bonds is 11. The second-order valence-electron chi connectivity index (χ2n) is 7.34. The van der Waals surface area contributed by atoms with Gasteiger partial charge in [-0.1, -0.05) is 13.3 Å². The lowest BCUT2D eigenvalue weighted by atomic mass is 10.3. The minimum Gasteiger partial charge on any atom is -0.494 e. The van der Waals surface area contributed by atoms with E-state index in [9.17, 15) is 0 Å². The maximum Gasteiger partial charge on any atom is 0.119 e. The van der Waals surface area contributed by atoms with E-state index in [2.05, 4.69) is 35.1 Å². The minimum atomic E-state index is 0.593. The number of likely N-dealkylation sites (tertiary alicyclic amines) is 1. The summed E-state index contributed by atoms with van der Waals surface area (Å²) in [5.41, 5.74) is 3.14. The fourth-order valence-electron chi connectivity index (χ4n) is 3.47. The van der Waals surface area contributed by atoms with Crippen LogP contribution in [0.15, 0.2) is 30.3 Å². The monoisotopic (exact) mass is 371 g/mol. The predicted molar refractivity (Wildman–Crippen MR) is 109 cm³/mol. The van der Waals surface area contributed by atoms with Crippen LogP contribution in [0.1, 0.15) is 50.4 Å². The molecule has 0 aliphatic carbocycles. The average Bonchev–Trinajstić information content (AvgIpc) is 3.32. The smallest absolute Gasteiger partial charge is 0.119 e. The molecule has 1 saturated heterocycles. The van der Waals surface area contributed by atoms with Gasteiger partial charge in [0.1, 0.15) is 5.75 Å². The van der Waals surface area contributed by atoms with E-state index in [-0.39, 0.29) is 0 Å². The van der Waals surface area contributed by atoms with Gasteiger partial charge >= 0.3 is 0 Å². The van der Waals surface area contributed by atoms with E-state index in [4.69, 9.17) is 9.47 Å². The molecule has 0 atom stereocenters. The number of hydrogen-bond acceptors (Lipinski definition) is 4. The highest BCUT2D eigenvalue weighted by molar-refractivity contribution is 5.38. The molecule has 27 heavy (non-hydrogen) atoms. The molecule has 1 aromatic heterocycles. The third-order valence-corrected chi connectivity index (χ3v) is 4.96. The van der Waals surface area contributed by atoms with E-state index >= 15 is 0 Å². The SMILES string of the molecule is CCCCOCc1cc(C)nn1-c1ccc(OCCCN2CCCC2)cc1. The summed E-state index contributed by atoms with van der Waals surface area (Å²) in [6.45, 7) is 10.0. The van der Waals surface area contributed by atoms with Gasteiger partial charge in [0.2, 0.25) is 0 Å². The topological polar surface area (TPSA) is 39.5 Å². The summed E-state index contributed by atoms with van der Waals surface area (Å²) < 4.78 is 13.7. The molecular weight excluding hydrogens is 338 g/mol.